The lowest BCUT2D eigenvalue weighted by atomic mass is 10.0. The van der Waals surface area contributed by atoms with Gasteiger partial charge in [0.1, 0.15) is 23.7 Å². The Kier molecular flexibility index (Phi) is 3.41. The number of halogens is 1. The first-order chi connectivity index (χ1) is 9.04. The van der Waals surface area contributed by atoms with Crippen molar-refractivity contribution in [2.45, 2.75) is 6.92 Å². The predicted octanol–water partition coefficient (Wildman–Crippen LogP) is 1.75. The zero-order chi connectivity index (χ0) is 14.0. The Labute approximate surface area is 109 Å². The highest BCUT2D eigenvalue weighted by Gasteiger charge is 2.19. The third-order valence-corrected chi connectivity index (χ3v) is 2.71. The number of benzene rings is 1. The van der Waals surface area contributed by atoms with E-state index in [9.17, 15) is 9.18 Å². The second kappa shape index (κ2) is 5.01. The summed E-state index contributed by atoms with van der Waals surface area (Å²) in [5.74, 6) is -0.636. The number of ether oxygens (including phenoxy) is 1. The van der Waals surface area contributed by atoms with Crippen LogP contribution in [0.2, 0.25) is 0 Å². The first-order valence-corrected chi connectivity index (χ1v) is 5.49. The van der Waals surface area contributed by atoms with E-state index in [1.807, 2.05) is 0 Å². The molecule has 0 spiro atoms. The summed E-state index contributed by atoms with van der Waals surface area (Å²) in [7, 11) is 1.41. The van der Waals surface area contributed by atoms with Crippen molar-refractivity contribution in [3.8, 4) is 5.75 Å². The standard InChI is InChI=1S/C13H12FN3O2/c1-7-3-11(19-2)8(4-10(7)14)12(18)9-5-16-6-17-13(9)15/h3-6H,1-2H3,(H2,15,16,17). The Morgan fingerprint density at radius 3 is 2.74 bits per heavy atom. The van der Waals surface area contributed by atoms with Crippen LogP contribution in [0.5, 0.6) is 5.75 Å². The minimum Gasteiger partial charge on any atom is -0.496 e. The average Bonchev–Trinajstić information content (AvgIpc) is 2.41. The number of hydrogen-bond acceptors (Lipinski definition) is 5. The summed E-state index contributed by atoms with van der Waals surface area (Å²) in [5, 5.41) is 0. The Balaban J connectivity index is 2.56. The summed E-state index contributed by atoms with van der Waals surface area (Å²) in [6.07, 6.45) is 2.53. The Morgan fingerprint density at radius 1 is 1.37 bits per heavy atom. The number of carbonyl (C=O) groups excluding carboxylic acids is 1. The maximum atomic E-state index is 13.6. The van der Waals surface area contributed by atoms with E-state index in [1.54, 1.807) is 6.92 Å². The van der Waals surface area contributed by atoms with Gasteiger partial charge in [-0.05, 0) is 24.6 Å². The minimum absolute atomic E-state index is 0.0445. The Morgan fingerprint density at radius 2 is 2.11 bits per heavy atom. The van der Waals surface area contributed by atoms with Gasteiger partial charge in [0.2, 0.25) is 5.78 Å². The molecule has 0 bridgehead atoms. The number of rotatable bonds is 3. The summed E-state index contributed by atoms with van der Waals surface area (Å²) < 4.78 is 18.7. The van der Waals surface area contributed by atoms with Crippen LogP contribution in [0.15, 0.2) is 24.7 Å². The highest BCUT2D eigenvalue weighted by atomic mass is 19.1. The zero-order valence-corrected chi connectivity index (χ0v) is 10.5. The SMILES string of the molecule is COc1cc(C)c(F)cc1C(=O)c1cncnc1N. The number of anilines is 1. The van der Waals surface area contributed by atoms with Gasteiger partial charge in [0.25, 0.3) is 0 Å². The molecule has 2 N–H and O–H groups in total. The first kappa shape index (κ1) is 12.9. The number of aryl methyl sites for hydroxylation is 1. The molecule has 0 saturated carbocycles. The van der Waals surface area contributed by atoms with Crippen molar-refractivity contribution in [2.75, 3.05) is 12.8 Å². The smallest absolute Gasteiger partial charge is 0.202 e. The summed E-state index contributed by atoms with van der Waals surface area (Å²) in [6.45, 7) is 1.59. The molecule has 0 amide bonds. The van der Waals surface area contributed by atoms with Gasteiger partial charge in [0.15, 0.2) is 0 Å². The van der Waals surface area contributed by atoms with Gasteiger partial charge in [-0.15, -0.1) is 0 Å². The van der Waals surface area contributed by atoms with Crippen LogP contribution in [-0.2, 0) is 0 Å². The average molecular weight is 261 g/mol. The first-order valence-electron chi connectivity index (χ1n) is 5.49. The van der Waals surface area contributed by atoms with Crippen LogP contribution in [0, 0.1) is 12.7 Å². The molecule has 0 radical (unpaired) electrons. The van der Waals surface area contributed by atoms with Crippen LogP contribution in [0.1, 0.15) is 21.5 Å². The van der Waals surface area contributed by atoms with Crippen molar-refractivity contribution in [3.05, 3.63) is 47.2 Å². The molecule has 1 aromatic heterocycles. The Hall–Kier alpha value is -2.50. The van der Waals surface area contributed by atoms with Gasteiger partial charge in [-0.1, -0.05) is 0 Å². The van der Waals surface area contributed by atoms with Gasteiger partial charge in [-0.25, -0.2) is 14.4 Å². The lowest BCUT2D eigenvalue weighted by Gasteiger charge is -2.10. The molecule has 6 heteroatoms. The number of aromatic nitrogens is 2. The molecule has 98 valence electrons. The fourth-order valence-electron chi connectivity index (χ4n) is 1.66. The van der Waals surface area contributed by atoms with E-state index in [4.69, 9.17) is 10.5 Å². The third kappa shape index (κ3) is 2.37. The molecule has 19 heavy (non-hydrogen) atoms. The monoisotopic (exact) mass is 261 g/mol. The molecule has 0 atom stereocenters. The molecule has 1 aromatic carbocycles. The van der Waals surface area contributed by atoms with Crippen molar-refractivity contribution in [3.63, 3.8) is 0 Å². The molecule has 2 rings (SSSR count). The molecular formula is C13H12FN3O2. The van der Waals surface area contributed by atoms with E-state index < -0.39 is 11.6 Å². The molecule has 0 saturated heterocycles. The van der Waals surface area contributed by atoms with Crippen LogP contribution in [0.3, 0.4) is 0 Å². The molecule has 0 aliphatic rings. The van der Waals surface area contributed by atoms with Gasteiger partial charge >= 0.3 is 0 Å². The van der Waals surface area contributed by atoms with Gasteiger partial charge in [-0.3, -0.25) is 4.79 Å². The van der Waals surface area contributed by atoms with Crippen molar-refractivity contribution in [1.29, 1.82) is 0 Å². The van der Waals surface area contributed by atoms with Crippen molar-refractivity contribution in [1.82, 2.24) is 9.97 Å². The maximum absolute atomic E-state index is 13.6. The van der Waals surface area contributed by atoms with E-state index in [1.165, 1.54) is 25.7 Å². The van der Waals surface area contributed by atoms with Crippen LogP contribution in [0.4, 0.5) is 10.2 Å². The molecule has 0 aliphatic heterocycles. The number of ketones is 1. The van der Waals surface area contributed by atoms with Gasteiger partial charge < -0.3 is 10.5 Å². The van der Waals surface area contributed by atoms with Crippen molar-refractivity contribution >= 4 is 11.6 Å². The van der Waals surface area contributed by atoms with E-state index in [-0.39, 0.29) is 22.7 Å². The van der Waals surface area contributed by atoms with E-state index >= 15 is 0 Å². The lowest BCUT2D eigenvalue weighted by Crippen LogP contribution is -2.09. The number of hydrogen-bond donors (Lipinski definition) is 1. The number of carbonyl (C=O) groups is 1. The van der Waals surface area contributed by atoms with E-state index in [0.717, 1.165) is 6.07 Å². The van der Waals surface area contributed by atoms with Crippen molar-refractivity contribution < 1.29 is 13.9 Å². The summed E-state index contributed by atoms with van der Waals surface area (Å²) in [4.78, 5) is 19.8. The maximum Gasteiger partial charge on any atom is 0.202 e. The molecular weight excluding hydrogens is 249 g/mol. The zero-order valence-electron chi connectivity index (χ0n) is 10.5. The van der Waals surface area contributed by atoms with Gasteiger partial charge in [0, 0.05) is 6.20 Å². The van der Waals surface area contributed by atoms with Crippen LogP contribution in [-0.4, -0.2) is 22.9 Å². The second-order valence-electron chi connectivity index (χ2n) is 3.95. The number of nitrogen functional groups attached to an aromatic ring is 1. The molecule has 0 aliphatic carbocycles. The largest absolute Gasteiger partial charge is 0.496 e. The van der Waals surface area contributed by atoms with Gasteiger partial charge in [-0.2, -0.15) is 0 Å². The fraction of sp³-hybridized carbons (Fsp3) is 0.154. The topological polar surface area (TPSA) is 78.1 Å². The van der Waals surface area contributed by atoms with E-state index in [2.05, 4.69) is 9.97 Å². The van der Waals surface area contributed by atoms with Crippen molar-refractivity contribution in [2.24, 2.45) is 0 Å². The Bertz CT molecular complexity index is 644. The normalized spacial score (nSPS) is 10.3. The van der Waals surface area contributed by atoms with Gasteiger partial charge in [0.05, 0.1) is 18.2 Å². The lowest BCUT2D eigenvalue weighted by molar-refractivity contribution is 0.103. The summed E-state index contributed by atoms with van der Waals surface area (Å²) in [6, 6.07) is 2.59. The fourth-order valence-corrected chi connectivity index (χ4v) is 1.66. The molecule has 1 heterocycles. The number of methoxy groups -OCH3 is 1. The number of nitrogens with two attached hydrogens (primary N) is 1. The second-order valence-corrected chi connectivity index (χ2v) is 3.95. The predicted molar refractivity (Wildman–Crippen MR) is 67.6 cm³/mol. The van der Waals surface area contributed by atoms with Crippen LogP contribution >= 0.6 is 0 Å². The molecule has 5 nitrogen and oxygen atoms in total. The highest BCUT2D eigenvalue weighted by molar-refractivity contribution is 6.13. The summed E-state index contributed by atoms with van der Waals surface area (Å²) >= 11 is 0. The minimum atomic E-state index is -0.487. The highest BCUT2D eigenvalue weighted by Crippen LogP contribution is 2.26. The quantitative estimate of drug-likeness (QED) is 0.851. The van der Waals surface area contributed by atoms with E-state index in [0.29, 0.717) is 5.56 Å². The van der Waals surface area contributed by atoms with Crippen LogP contribution < -0.4 is 10.5 Å². The molecule has 2 aromatic rings. The molecule has 0 unspecified atom stereocenters. The van der Waals surface area contributed by atoms with Crippen LogP contribution in [0.25, 0.3) is 0 Å². The molecule has 0 fully saturated rings. The summed E-state index contributed by atoms with van der Waals surface area (Å²) in [5.41, 5.74) is 6.21. The number of nitrogens with zero attached hydrogens (tertiary/aromatic N) is 2. The third-order valence-electron chi connectivity index (χ3n) is 2.71.